The molecule has 0 unspecified atom stereocenters. The van der Waals surface area contributed by atoms with Crippen LogP contribution in [0.3, 0.4) is 0 Å². The van der Waals surface area contributed by atoms with E-state index in [1.165, 1.54) is 30.0 Å². The van der Waals surface area contributed by atoms with E-state index in [9.17, 15) is 9.90 Å². The number of aromatic hydroxyl groups is 1. The molecule has 0 radical (unpaired) electrons. The highest BCUT2D eigenvalue weighted by Crippen LogP contribution is 2.32. The number of hydrogen-bond acceptors (Lipinski definition) is 6. The molecule has 1 N–H and O–H groups in total. The number of nitrogens with zero attached hydrogens (tertiary/aromatic N) is 2. The van der Waals surface area contributed by atoms with Gasteiger partial charge in [-0.15, -0.1) is 0 Å². The molecule has 30 heavy (non-hydrogen) atoms. The van der Waals surface area contributed by atoms with Crippen LogP contribution in [0.15, 0.2) is 71.8 Å². The average molecular weight is 437 g/mol. The van der Waals surface area contributed by atoms with E-state index < -0.39 is 0 Å². The van der Waals surface area contributed by atoms with Crippen molar-refractivity contribution in [1.82, 2.24) is 9.97 Å². The van der Waals surface area contributed by atoms with Gasteiger partial charge in [0.05, 0.1) is 23.9 Å². The number of methoxy groups -OCH3 is 1. The summed E-state index contributed by atoms with van der Waals surface area (Å²) in [6.45, 7) is 0. The lowest BCUT2D eigenvalue weighted by Crippen LogP contribution is -2.04. The van der Waals surface area contributed by atoms with Crippen molar-refractivity contribution in [2.24, 2.45) is 0 Å². The number of phenols is 1. The Morgan fingerprint density at radius 3 is 2.63 bits per heavy atom. The molecule has 7 heteroatoms. The minimum absolute atomic E-state index is 0.0887. The minimum Gasteiger partial charge on any atom is -0.507 e. The van der Waals surface area contributed by atoms with Gasteiger partial charge in [0.25, 0.3) is 0 Å². The first kappa shape index (κ1) is 20.2. The quantitative estimate of drug-likeness (QED) is 0.239. The number of ether oxygens (including phenoxy) is 1. The normalized spacial score (nSPS) is 10.9. The fourth-order valence-corrected chi connectivity index (χ4v) is 4.04. The number of thioether (sulfide) groups is 1. The Morgan fingerprint density at radius 2 is 1.87 bits per heavy atom. The summed E-state index contributed by atoms with van der Waals surface area (Å²) in [7, 11) is 1.60. The molecule has 0 saturated heterocycles. The summed E-state index contributed by atoms with van der Waals surface area (Å²) >= 11 is 7.26. The number of carbonyl (C=O) groups excluding carboxylic acids is 1. The van der Waals surface area contributed by atoms with Gasteiger partial charge in [0.1, 0.15) is 16.5 Å². The lowest BCUT2D eigenvalue weighted by atomic mass is 10.1. The van der Waals surface area contributed by atoms with Crippen LogP contribution in [0.5, 0.6) is 11.5 Å². The molecule has 1 aromatic heterocycles. The van der Waals surface area contributed by atoms with Crippen LogP contribution < -0.4 is 4.74 Å². The number of benzene rings is 3. The molecule has 0 spiro atoms. The summed E-state index contributed by atoms with van der Waals surface area (Å²) in [6.07, 6.45) is 0. The Hall–Kier alpha value is -3.09. The zero-order valence-electron chi connectivity index (χ0n) is 16.0. The molecular weight excluding hydrogens is 420 g/mol. The second-order valence-corrected chi connectivity index (χ2v) is 7.88. The minimum atomic E-state index is -0.240. The van der Waals surface area contributed by atoms with Crippen LogP contribution in [0.1, 0.15) is 10.4 Å². The van der Waals surface area contributed by atoms with Gasteiger partial charge >= 0.3 is 0 Å². The van der Waals surface area contributed by atoms with Crippen molar-refractivity contribution in [2.45, 2.75) is 5.03 Å². The van der Waals surface area contributed by atoms with Gasteiger partial charge in [-0.05, 0) is 36.4 Å². The van der Waals surface area contributed by atoms with Crippen molar-refractivity contribution in [3.63, 3.8) is 0 Å². The zero-order chi connectivity index (χ0) is 21.1. The summed E-state index contributed by atoms with van der Waals surface area (Å²) < 4.78 is 5.34. The lowest BCUT2D eigenvalue weighted by Gasteiger charge is -2.10. The van der Waals surface area contributed by atoms with Crippen molar-refractivity contribution < 1.29 is 14.6 Å². The van der Waals surface area contributed by atoms with Crippen LogP contribution in [0.4, 0.5) is 0 Å². The largest absolute Gasteiger partial charge is 0.507 e. The average Bonchev–Trinajstić information content (AvgIpc) is 2.78. The van der Waals surface area contributed by atoms with Gasteiger partial charge in [0, 0.05) is 16.0 Å². The SMILES string of the molecule is COc1ccc2nc(-c3ccccc3)nc(SCC(=O)c3cc(Cl)ccc3O)c2c1. The summed E-state index contributed by atoms with van der Waals surface area (Å²) in [6, 6.07) is 19.7. The highest BCUT2D eigenvalue weighted by molar-refractivity contribution is 8.00. The molecule has 0 aliphatic heterocycles. The molecule has 0 aliphatic rings. The molecule has 0 fully saturated rings. The number of rotatable bonds is 6. The van der Waals surface area contributed by atoms with Gasteiger partial charge in [-0.2, -0.15) is 0 Å². The summed E-state index contributed by atoms with van der Waals surface area (Å²) in [5.74, 6) is 1.01. The van der Waals surface area contributed by atoms with E-state index >= 15 is 0 Å². The Morgan fingerprint density at radius 1 is 1.07 bits per heavy atom. The van der Waals surface area contributed by atoms with E-state index in [-0.39, 0.29) is 22.8 Å². The zero-order valence-corrected chi connectivity index (χ0v) is 17.6. The second kappa shape index (κ2) is 8.73. The number of carbonyl (C=O) groups is 1. The van der Waals surface area contributed by atoms with E-state index in [1.54, 1.807) is 7.11 Å². The van der Waals surface area contributed by atoms with E-state index in [0.29, 0.717) is 21.6 Å². The molecular formula is C23H17ClN2O3S. The van der Waals surface area contributed by atoms with Crippen molar-refractivity contribution in [3.05, 3.63) is 77.3 Å². The molecule has 4 rings (SSSR count). The molecule has 0 amide bonds. The molecule has 4 aromatic rings. The Bertz CT molecular complexity index is 1230. The van der Waals surface area contributed by atoms with E-state index in [4.69, 9.17) is 21.3 Å². The number of Topliss-reactive ketones (excluding diaryl/α,β-unsaturated/α-hetero) is 1. The van der Waals surface area contributed by atoms with E-state index in [2.05, 4.69) is 4.98 Å². The molecule has 0 saturated carbocycles. The Kier molecular flexibility index (Phi) is 5.88. The maximum atomic E-state index is 12.7. The number of hydrogen-bond donors (Lipinski definition) is 1. The number of fused-ring (bicyclic) bond motifs is 1. The van der Waals surface area contributed by atoms with Crippen LogP contribution in [0.25, 0.3) is 22.3 Å². The van der Waals surface area contributed by atoms with Crippen molar-refractivity contribution in [2.75, 3.05) is 12.9 Å². The molecule has 150 valence electrons. The predicted octanol–water partition coefficient (Wildman–Crippen LogP) is 5.64. The van der Waals surface area contributed by atoms with Crippen LogP contribution in [0, 0.1) is 0 Å². The van der Waals surface area contributed by atoms with Crippen molar-refractivity contribution in [3.8, 4) is 22.9 Å². The topological polar surface area (TPSA) is 72.3 Å². The molecule has 5 nitrogen and oxygen atoms in total. The number of ketones is 1. The maximum Gasteiger partial charge on any atom is 0.176 e. The first-order valence-corrected chi connectivity index (χ1v) is 10.5. The highest BCUT2D eigenvalue weighted by atomic mass is 35.5. The van der Waals surface area contributed by atoms with Crippen molar-refractivity contribution >= 4 is 40.0 Å². The molecule has 3 aromatic carbocycles. The third kappa shape index (κ3) is 4.25. The molecule has 0 bridgehead atoms. The van der Waals surface area contributed by atoms with Gasteiger partial charge in [-0.3, -0.25) is 4.79 Å². The first-order chi connectivity index (χ1) is 14.5. The number of halogens is 1. The van der Waals surface area contributed by atoms with E-state index in [0.717, 1.165) is 16.5 Å². The van der Waals surface area contributed by atoms with Gasteiger partial charge < -0.3 is 9.84 Å². The lowest BCUT2D eigenvalue weighted by molar-refractivity contribution is 0.102. The Labute approximate surface area is 182 Å². The van der Waals surface area contributed by atoms with Gasteiger partial charge in [0.2, 0.25) is 0 Å². The first-order valence-electron chi connectivity index (χ1n) is 9.11. The standard InChI is InChI=1S/C23H17ClN2O3S/c1-29-16-8-9-19-17(12-16)23(26-22(25-19)14-5-3-2-4-6-14)30-13-21(28)18-11-15(24)7-10-20(18)27/h2-12,27H,13H2,1H3. The van der Waals surface area contributed by atoms with Crippen LogP contribution >= 0.6 is 23.4 Å². The van der Waals surface area contributed by atoms with Crippen molar-refractivity contribution in [1.29, 1.82) is 0 Å². The smallest absolute Gasteiger partial charge is 0.176 e. The maximum absolute atomic E-state index is 12.7. The fourth-order valence-electron chi connectivity index (χ4n) is 2.98. The fraction of sp³-hybridized carbons (Fsp3) is 0.0870. The number of phenolic OH excluding ortho intramolecular Hbond substituents is 1. The third-order valence-corrected chi connectivity index (χ3v) is 5.73. The summed E-state index contributed by atoms with van der Waals surface area (Å²) in [5, 5.41) is 11.9. The van der Waals surface area contributed by atoms with Crippen LogP contribution in [-0.4, -0.2) is 33.7 Å². The molecule has 1 heterocycles. The number of aromatic nitrogens is 2. The Balaban J connectivity index is 1.72. The van der Waals surface area contributed by atoms with Crippen LogP contribution in [0.2, 0.25) is 5.02 Å². The van der Waals surface area contributed by atoms with Crippen LogP contribution in [-0.2, 0) is 0 Å². The van der Waals surface area contributed by atoms with Gasteiger partial charge in [-0.25, -0.2) is 9.97 Å². The summed E-state index contributed by atoms with van der Waals surface area (Å²) in [5.41, 5.74) is 1.83. The van der Waals surface area contributed by atoms with E-state index in [1.807, 2.05) is 48.5 Å². The predicted molar refractivity (Wildman–Crippen MR) is 120 cm³/mol. The monoisotopic (exact) mass is 436 g/mol. The second-order valence-electron chi connectivity index (χ2n) is 6.47. The molecule has 0 atom stereocenters. The van der Waals surface area contributed by atoms with Gasteiger partial charge in [0.15, 0.2) is 11.6 Å². The third-order valence-electron chi connectivity index (χ3n) is 4.50. The highest BCUT2D eigenvalue weighted by Gasteiger charge is 2.16. The van der Waals surface area contributed by atoms with Gasteiger partial charge in [-0.1, -0.05) is 53.7 Å². The molecule has 0 aliphatic carbocycles. The summed E-state index contributed by atoms with van der Waals surface area (Å²) in [4.78, 5) is 22.1.